The van der Waals surface area contributed by atoms with E-state index < -0.39 is 59.4 Å². The van der Waals surface area contributed by atoms with Gasteiger partial charge in [-0.15, -0.1) is 0 Å². The molecule has 2 bridgehead atoms. The number of aliphatic carboxylic acids is 4. The number of carboxylic acids is 4. The molecular formula is C16H20O8. The van der Waals surface area contributed by atoms with Gasteiger partial charge in [-0.1, -0.05) is 12.2 Å². The summed E-state index contributed by atoms with van der Waals surface area (Å²) in [7, 11) is 0. The lowest BCUT2D eigenvalue weighted by molar-refractivity contribution is -0.151. The van der Waals surface area contributed by atoms with E-state index in [4.69, 9.17) is 20.4 Å². The van der Waals surface area contributed by atoms with E-state index >= 15 is 0 Å². The van der Waals surface area contributed by atoms with Gasteiger partial charge in [0.15, 0.2) is 0 Å². The fourth-order valence-electron chi connectivity index (χ4n) is 4.56. The minimum absolute atomic E-state index is 0.251. The van der Waals surface area contributed by atoms with Crippen molar-refractivity contribution in [2.75, 3.05) is 0 Å². The molecule has 0 saturated heterocycles. The van der Waals surface area contributed by atoms with Gasteiger partial charge in [-0.25, -0.2) is 0 Å². The van der Waals surface area contributed by atoms with Crippen molar-refractivity contribution in [2.24, 2.45) is 35.5 Å². The molecule has 0 spiro atoms. The second kappa shape index (κ2) is 7.02. The Hall–Kier alpha value is -2.38. The van der Waals surface area contributed by atoms with E-state index in [1.54, 1.807) is 12.2 Å². The Labute approximate surface area is 137 Å². The van der Waals surface area contributed by atoms with E-state index in [1.165, 1.54) is 0 Å². The average molecular weight is 340 g/mol. The number of hydrogen-bond donors (Lipinski definition) is 4. The molecule has 3 rings (SSSR count). The normalized spacial score (nSPS) is 34.0. The van der Waals surface area contributed by atoms with Crippen molar-refractivity contribution < 1.29 is 39.6 Å². The van der Waals surface area contributed by atoms with Gasteiger partial charge in [0.25, 0.3) is 0 Å². The standard InChI is InChI=1S/C16H20O8/c17-13(18)3-9-7-1-2-8(11(9)5-15(21)22)12(6-16(23)24)10(7)4-14(19)20/h1-2,7-12H,3-6H2,(H,17,18)(H,19,20)(H,21,22)(H,23,24)/t7?,8?,9-,10-,11-,12+/m1/s1. The topological polar surface area (TPSA) is 149 Å². The predicted molar refractivity (Wildman–Crippen MR) is 79.1 cm³/mol. The van der Waals surface area contributed by atoms with Gasteiger partial charge in [-0.2, -0.15) is 0 Å². The lowest BCUT2D eigenvalue weighted by Gasteiger charge is -2.53. The summed E-state index contributed by atoms with van der Waals surface area (Å²) in [5, 5.41) is 36.6. The molecule has 0 aromatic heterocycles. The Morgan fingerprint density at radius 1 is 0.542 bits per heavy atom. The van der Waals surface area contributed by atoms with Crippen LogP contribution in [0.5, 0.6) is 0 Å². The van der Waals surface area contributed by atoms with Gasteiger partial charge in [0.1, 0.15) is 0 Å². The number of carboxylic acid groups (broad SMARTS) is 4. The molecule has 132 valence electrons. The van der Waals surface area contributed by atoms with Crippen molar-refractivity contribution >= 4 is 23.9 Å². The van der Waals surface area contributed by atoms with E-state index in [0.29, 0.717) is 0 Å². The minimum Gasteiger partial charge on any atom is -0.481 e. The fourth-order valence-corrected chi connectivity index (χ4v) is 4.56. The van der Waals surface area contributed by atoms with Crippen LogP contribution in [0.2, 0.25) is 0 Å². The van der Waals surface area contributed by atoms with Crippen molar-refractivity contribution in [3.05, 3.63) is 12.2 Å². The van der Waals surface area contributed by atoms with E-state index in [0.717, 1.165) is 0 Å². The smallest absolute Gasteiger partial charge is 0.303 e. The van der Waals surface area contributed by atoms with Crippen molar-refractivity contribution in [2.45, 2.75) is 25.7 Å². The molecule has 3 aliphatic rings. The Bertz CT molecular complexity index is 487. The zero-order chi connectivity index (χ0) is 18.0. The third-order valence-electron chi connectivity index (χ3n) is 5.27. The molecule has 24 heavy (non-hydrogen) atoms. The maximum Gasteiger partial charge on any atom is 0.303 e. The molecular weight excluding hydrogens is 320 g/mol. The van der Waals surface area contributed by atoms with Crippen LogP contribution in [0.3, 0.4) is 0 Å². The summed E-state index contributed by atoms with van der Waals surface area (Å²) in [6.45, 7) is 0. The third-order valence-corrected chi connectivity index (χ3v) is 5.27. The summed E-state index contributed by atoms with van der Waals surface area (Å²) in [6, 6.07) is 0. The van der Waals surface area contributed by atoms with E-state index in [9.17, 15) is 19.2 Å². The Kier molecular flexibility index (Phi) is 5.26. The van der Waals surface area contributed by atoms with Gasteiger partial charge in [0.2, 0.25) is 0 Å². The zero-order valence-corrected chi connectivity index (χ0v) is 12.9. The quantitative estimate of drug-likeness (QED) is 0.481. The fraction of sp³-hybridized carbons (Fsp3) is 0.625. The summed E-state index contributed by atoms with van der Waals surface area (Å²) in [5.74, 6) is -7.13. The monoisotopic (exact) mass is 340 g/mol. The highest BCUT2D eigenvalue weighted by Gasteiger charge is 2.53. The van der Waals surface area contributed by atoms with Gasteiger partial charge < -0.3 is 20.4 Å². The van der Waals surface area contributed by atoms with Crippen molar-refractivity contribution in [1.82, 2.24) is 0 Å². The highest BCUT2D eigenvalue weighted by atomic mass is 16.4. The van der Waals surface area contributed by atoms with Gasteiger partial charge in [0.05, 0.1) is 0 Å². The Morgan fingerprint density at radius 2 is 0.750 bits per heavy atom. The highest BCUT2D eigenvalue weighted by molar-refractivity contribution is 5.71. The summed E-state index contributed by atoms with van der Waals surface area (Å²) in [5.41, 5.74) is 0. The molecule has 6 atom stereocenters. The molecule has 0 aromatic rings. The highest BCUT2D eigenvalue weighted by Crippen LogP contribution is 2.55. The molecule has 0 heterocycles. The molecule has 0 aromatic carbocycles. The molecule has 8 nitrogen and oxygen atoms in total. The summed E-state index contributed by atoms with van der Waals surface area (Å²) < 4.78 is 0. The first-order chi connectivity index (χ1) is 11.2. The van der Waals surface area contributed by atoms with Crippen LogP contribution < -0.4 is 0 Å². The second-order valence-corrected chi connectivity index (χ2v) is 6.59. The SMILES string of the molecule is O=C(O)C[C@@H]1C2C=CC([C@H]1CC(=O)O)[C@H](CC(=O)O)[C@@H]2CC(=O)O. The van der Waals surface area contributed by atoms with Crippen LogP contribution >= 0.6 is 0 Å². The average Bonchev–Trinajstić information content (AvgIpc) is 2.42. The summed E-state index contributed by atoms with van der Waals surface area (Å²) >= 11 is 0. The first kappa shape index (κ1) is 18.0. The maximum absolute atomic E-state index is 11.2. The van der Waals surface area contributed by atoms with Gasteiger partial charge in [0, 0.05) is 25.7 Å². The zero-order valence-electron chi connectivity index (χ0n) is 12.9. The predicted octanol–water partition coefficient (Wildman–Crippen LogP) is 1.17. The number of fused-ring (bicyclic) bond motifs is 2. The number of carbonyl (C=O) groups is 4. The first-order valence-electron chi connectivity index (χ1n) is 7.76. The molecule has 0 aliphatic heterocycles. The van der Waals surface area contributed by atoms with Crippen LogP contribution in [0.25, 0.3) is 0 Å². The van der Waals surface area contributed by atoms with Crippen molar-refractivity contribution in [3.63, 3.8) is 0 Å². The largest absolute Gasteiger partial charge is 0.481 e. The lowest BCUT2D eigenvalue weighted by atomic mass is 9.50. The van der Waals surface area contributed by atoms with Gasteiger partial charge >= 0.3 is 23.9 Å². The van der Waals surface area contributed by atoms with Crippen LogP contribution in [0.15, 0.2) is 12.2 Å². The van der Waals surface area contributed by atoms with Crippen LogP contribution in [0, 0.1) is 35.5 Å². The number of allylic oxidation sites excluding steroid dienone is 2. The maximum atomic E-state index is 11.2. The molecule has 2 unspecified atom stereocenters. The van der Waals surface area contributed by atoms with Crippen molar-refractivity contribution in [3.8, 4) is 0 Å². The van der Waals surface area contributed by atoms with Gasteiger partial charge in [-0.3, -0.25) is 19.2 Å². The minimum atomic E-state index is -1.07. The Balaban J connectivity index is 2.39. The molecule has 3 aliphatic carbocycles. The summed E-state index contributed by atoms with van der Waals surface area (Å²) in [4.78, 5) is 44.7. The van der Waals surface area contributed by atoms with Crippen LogP contribution in [-0.2, 0) is 19.2 Å². The first-order valence-corrected chi connectivity index (χ1v) is 7.76. The molecule has 8 heteroatoms. The van der Waals surface area contributed by atoms with E-state index in [-0.39, 0.29) is 25.7 Å². The van der Waals surface area contributed by atoms with Crippen LogP contribution in [0.4, 0.5) is 0 Å². The van der Waals surface area contributed by atoms with E-state index in [1.807, 2.05) is 0 Å². The van der Waals surface area contributed by atoms with Crippen LogP contribution in [0.1, 0.15) is 25.7 Å². The summed E-state index contributed by atoms with van der Waals surface area (Å²) in [6.07, 6.45) is 2.50. The molecule has 1 fully saturated rings. The molecule has 0 amide bonds. The molecule has 4 N–H and O–H groups in total. The molecule has 1 saturated carbocycles. The second-order valence-electron chi connectivity index (χ2n) is 6.59. The van der Waals surface area contributed by atoms with Crippen molar-refractivity contribution in [1.29, 1.82) is 0 Å². The van der Waals surface area contributed by atoms with E-state index in [2.05, 4.69) is 0 Å². The van der Waals surface area contributed by atoms with Gasteiger partial charge in [-0.05, 0) is 35.5 Å². The Morgan fingerprint density at radius 3 is 0.917 bits per heavy atom. The van der Waals surface area contributed by atoms with Crippen LogP contribution in [-0.4, -0.2) is 44.3 Å². The lowest BCUT2D eigenvalue weighted by Crippen LogP contribution is -2.50. The number of rotatable bonds is 8. The number of hydrogen-bond acceptors (Lipinski definition) is 4. The molecule has 0 radical (unpaired) electrons. The third kappa shape index (κ3) is 3.74.